The van der Waals surface area contributed by atoms with E-state index in [-0.39, 0.29) is 11.5 Å². The average molecular weight is 290 g/mol. The van der Waals surface area contributed by atoms with Crippen LogP contribution < -0.4 is 0 Å². The second-order valence-electron chi connectivity index (χ2n) is 5.64. The van der Waals surface area contributed by atoms with E-state index in [4.69, 9.17) is 0 Å². The van der Waals surface area contributed by atoms with Gasteiger partial charge < -0.3 is 0 Å². The molecule has 1 heterocycles. The summed E-state index contributed by atoms with van der Waals surface area (Å²) >= 11 is 0. The van der Waals surface area contributed by atoms with Gasteiger partial charge in [0.25, 0.3) is 5.69 Å². The molecule has 5 nitrogen and oxygen atoms in total. The fourth-order valence-corrected chi connectivity index (χ4v) is 2.97. The lowest BCUT2D eigenvalue weighted by Crippen LogP contribution is -2.42. The van der Waals surface area contributed by atoms with Gasteiger partial charge in [0, 0.05) is 23.7 Å². The van der Waals surface area contributed by atoms with Crippen LogP contribution in [0.2, 0.25) is 0 Å². The fraction of sp³-hybridized carbons (Fsp3) is 0.562. The molecule has 0 spiro atoms. The van der Waals surface area contributed by atoms with Crippen molar-refractivity contribution in [2.24, 2.45) is 0 Å². The van der Waals surface area contributed by atoms with Crippen LogP contribution in [0.4, 0.5) is 5.69 Å². The molecule has 2 rings (SSSR count). The number of likely N-dealkylation sites (tertiary alicyclic amines) is 1. The molecule has 5 heteroatoms. The molecule has 0 amide bonds. The normalized spacial score (nSPS) is 19.4. The number of Topliss-reactive ketones (excluding diaryl/α,β-unsaturated/α-hetero) is 1. The third kappa shape index (κ3) is 4.11. The summed E-state index contributed by atoms with van der Waals surface area (Å²) in [6, 6.07) is 6.41. The SMILES string of the molecule is CCCC1CCCCN1CC(=O)c1ccc([N+](=O)[O-])cc1. The van der Waals surface area contributed by atoms with Gasteiger partial charge in [-0.05, 0) is 37.9 Å². The minimum atomic E-state index is -0.448. The molecule has 0 aliphatic carbocycles. The first-order valence-electron chi connectivity index (χ1n) is 7.63. The molecule has 1 aromatic carbocycles. The van der Waals surface area contributed by atoms with Gasteiger partial charge >= 0.3 is 0 Å². The number of nitro benzene ring substituents is 1. The third-order valence-electron chi connectivity index (χ3n) is 4.12. The molecule has 0 aromatic heterocycles. The first-order valence-corrected chi connectivity index (χ1v) is 7.63. The van der Waals surface area contributed by atoms with Gasteiger partial charge in [0.2, 0.25) is 0 Å². The Morgan fingerprint density at radius 2 is 2.05 bits per heavy atom. The van der Waals surface area contributed by atoms with Crippen LogP contribution in [0.1, 0.15) is 49.4 Å². The zero-order chi connectivity index (χ0) is 15.2. The highest BCUT2D eigenvalue weighted by atomic mass is 16.6. The summed E-state index contributed by atoms with van der Waals surface area (Å²) in [7, 11) is 0. The Morgan fingerprint density at radius 3 is 2.67 bits per heavy atom. The van der Waals surface area contributed by atoms with E-state index < -0.39 is 4.92 Å². The lowest BCUT2D eigenvalue weighted by molar-refractivity contribution is -0.384. The topological polar surface area (TPSA) is 63.5 Å². The fourth-order valence-electron chi connectivity index (χ4n) is 2.97. The molecule has 1 saturated heterocycles. The van der Waals surface area contributed by atoms with Gasteiger partial charge in [-0.15, -0.1) is 0 Å². The van der Waals surface area contributed by atoms with Crippen molar-refractivity contribution >= 4 is 11.5 Å². The summed E-state index contributed by atoms with van der Waals surface area (Å²) in [4.78, 5) is 24.8. The molecule has 1 atom stereocenters. The number of carbonyl (C=O) groups is 1. The molecule has 1 aromatic rings. The van der Waals surface area contributed by atoms with Crippen molar-refractivity contribution in [2.75, 3.05) is 13.1 Å². The average Bonchev–Trinajstić information content (AvgIpc) is 2.49. The van der Waals surface area contributed by atoms with E-state index in [1.807, 2.05) is 0 Å². The predicted molar refractivity (Wildman–Crippen MR) is 81.5 cm³/mol. The summed E-state index contributed by atoms with van der Waals surface area (Å²) < 4.78 is 0. The van der Waals surface area contributed by atoms with Crippen molar-refractivity contribution in [2.45, 2.75) is 45.1 Å². The van der Waals surface area contributed by atoms with Crippen molar-refractivity contribution in [1.29, 1.82) is 0 Å². The minimum Gasteiger partial charge on any atom is -0.293 e. The highest BCUT2D eigenvalue weighted by Gasteiger charge is 2.24. The van der Waals surface area contributed by atoms with Gasteiger partial charge in [-0.2, -0.15) is 0 Å². The van der Waals surface area contributed by atoms with Gasteiger partial charge in [0.05, 0.1) is 11.5 Å². The molecule has 0 saturated carbocycles. The Labute approximate surface area is 125 Å². The van der Waals surface area contributed by atoms with Crippen molar-refractivity contribution in [1.82, 2.24) is 4.90 Å². The van der Waals surface area contributed by atoms with Crippen LogP contribution in [-0.4, -0.2) is 34.7 Å². The van der Waals surface area contributed by atoms with Crippen LogP contribution in [0.25, 0.3) is 0 Å². The second kappa shape index (κ2) is 7.31. The number of carbonyl (C=O) groups excluding carboxylic acids is 1. The number of hydrogen-bond donors (Lipinski definition) is 0. The van der Waals surface area contributed by atoms with Gasteiger partial charge in [-0.3, -0.25) is 19.8 Å². The van der Waals surface area contributed by atoms with E-state index in [9.17, 15) is 14.9 Å². The quantitative estimate of drug-likeness (QED) is 0.457. The highest BCUT2D eigenvalue weighted by Crippen LogP contribution is 2.21. The van der Waals surface area contributed by atoms with Crippen LogP contribution >= 0.6 is 0 Å². The lowest BCUT2D eigenvalue weighted by Gasteiger charge is -2.35. The van der Waals surface area contributed by atoms with Crippen LogP contribution in [-0.2, 0) is 0 Å². The summed E-state index contributed by atoms with van der Waals surface area (Å²) in [6.45, 7) is 3.57. The maximum Gasteiger partial charge on any atom is 0.269 e. The summed E-state index contributed by atoms with van der Waals surface area (Å²) in [6.07, 6.45) is 5.82. The van der Waals surface area contributed by atoms with Gasteiger partial charge in [-0.1, -0.05) is 19.8 Å². The van der Waals surface area contributed by atoms with Crippen LogP contribution in [0.15, 0.2) is 24.3 Å². The summed E-state index contributed by atoms with van der Waals surface area (Å²) in [5.41, 5.74) is 0.579. The Hall–Kier alpha value is -1.75. The number of benzene rings is 1. The van der Waals surface area contributed by atoms with Crippen molar-refractivity contribution in [3.05, 3.63) is 39.9 Å². The largest absolute Gasteiger partial charge is 0.293 e. The molecular weight excluding hydrogens is 268 g/mol. The second-order valence-corrected chi connectivity index (χ2v) is 5.64. The van der Waals surface area contributed by atoms with E-state index in [1.54, 1.807) is 12.1 Å². The van der Waals surface area contributed by atoms with Crippen molar-refractivity contribution < 1.29 is 9.72 Å². The van der Waals surface area contributed by atoms with E-state index in [0.717, 1.165) is 25.8 Å². The molecule has 21 heavy (non-hydrogen) atoms. The molecule has 0 radical (unpaired) electrons. The number of hydrogen-bond acceptors (Lipinski definition) is 4. The number of piperidine rings is 1. The van der Waals surface area contributed by atoms with Gasteiger partial charge in [0.1, 0.15) is 0 Å². The molecule has 0 bridgehead atoms. The zero-order valence-electron chi connectivity index (χ0n) is 12.5. The molecule has 1 aliphatic heterocycles. The van der Waals surface area contributed by atoms with E-state index >= 15 is 0 Å². The number of rotatable bonds is 6. The van der Waals surface area contributed by atoms with Crippen molar-refractivity contribution in [3.63, 3.8) is 0 Å². The number of nitro groups is 1. The van der Waals surface area contributed by atoms with Crippen LogP contribution in [0, 0.1) is 10.1 Å². The van der Waals surface area contributed by atoms with E-state index in [0.29, 0.717) is 18.2 Å². The standard InChI is InChI=1S/C16H22N2O3/c1-2-5-14-6-3-4-11-17(14)12-16(19)13-7-9-15(10-8-13)18(20)21/h7-10,14H,2-6,11-12H2,1H3. The highest BCUT2D eigenvalue weighted by molar-refractivity contribution is 5.97. The first-order chi connectivity index (χ1) is 10.1. The third-order valence-corrected chi connectivity index (χ3v) is 4.12. The number of non-ortho nitro benzene ring substituents is 1. The van der Waals surface area contributed by atoms with Crippen LogP contribution in [0.3, 0.4) is 0 Å². The van der Waals surface area contributed by atoms with Gasteiger partial charge in [-0.25, -0.2) is 0 Å². The molecule has 114 valence electrons. The van der Waals surface area contributed by atoms with Crippen LogP contribution in [0.5, 0.6) is 0 Å². The maximum absolute atomic E-state index is 12.3. The number of nitrogens with zero attached hydrogens (tertiary/aromatic N) is 2. The molecule has 0 N–H and O–H groups in total. The van der Waals surface area contributed by atoms with E-state index in [2.05, 4.69) is 11.8 Å². The van der Waals surface area contributed by atoms with E-state index in [1.165, 1.54) is 25.0 Å². The molecule has 1 fully saturated rings. The molecule has 1 unspecified atom stereocenters. The predicted octanol–water partition coefficient (Wildman–Crippen LogP) is 3.43. The minimum absolute atomic E-state index is 0.0217. The van der Waals surface area contributed by atoms with Gasteiger partial charge in [0.15, 0.2) is 5.78 Å². The zero-order valence-corrected chi connectivity index (χ0v) is 12.5. The van der Waals surface area contributed by atoms with Crippen molar-refractivity contribution in [3.8, 4) is 0 Å². The summed E-state index contributed by atoms with van der Waals surface area (Å²) in [5, 5.41) is 10.6. The molecule has 1 aliphatic rings. The Morgan fingerprint density at radius 1 is 1.33 bits per heavy atom. The molecular formula is C16H22N2O3. The smallest absolute Gasteiger partial charge is 0.269 e. The Kier molecular flexibility index (Phi) is 5.44. The number of ketones is 1. The Bertz CT molecular complexity index is 497. The first kappa shape index (κ1) is 15.6. The monoisotopic (exact) mass is 290 g/mol. The maximum atomic E-state index is 12.3. The summed E-state index contributed by atoms with van der Waals surface area (Å²) in [5.74, 6) is 0.0490. The Balaban J connectivity index is 2.00. The lowest BCUT2D eigenvalue weighted by atomic mass is 9.97.